The van der Waals surface area contributed by atoms with Crippen molar-refractivity contribution in [2.45, 2.75) is 19.4 Å². The maximum absolute atomic E-state index is 12.6. The topological polar surface area (TPSA) is 142 Å². The van der Waals surface area contributed by atoms with Gasteiger partial charge >= 0.3 is 0 Å². The fraction of sp³-hybridized carbons (Fsp3) is 0.250. The van der Waals surface area contributed by atoms with Gasteiger partial charge < -0.3 is 21.2 Å². The lowest BCUT2D eigenvalue weighted by Crippen LogP contribution is -2.30. The second kappa shape index (κ2) is 7.98. The number of nitrogens with one attached hydrogen (secondary N) is 1. The fourth-order valence-corrected chi connectivity index (χ4v) is 2.37. The molecule has 138 valence electrons. The van der Waals surface area contributed by atoms with E-state index in [9.17, 15) is 9.59 Å². The molecule has 3 aromatic rings. The van der Waals surface area contributed by atoms with Gasteiger partial charge in [0.2, 0.25) is 0 Å². The minimum atomic E-state index is -0.727. The lowest BCUT2D eigenvalue weighted by Gasteiger charge is -2.10. The maximum atomic E-state index is 12.6. The normalized spacial score (nSPS) is 11.8. The molecule has 9 nitrogen and oxygen atoms in total. The molecule has 3 rings (SSSR count). The van der Waals surface area contributed by atoms with Crippen LogP contribution in [0.25, 0.3) is 17.1 Å². The van der Waals surface area contributed by atoms with Crippen LogP contribution in [0.4, 0.5) is 0 Å². The van der Waals surface area contributed by atoms with Gasteiger partial charge in [0, 0.05) is 12.6 Å². The molecular formula is C16H19ClN6O3. The van der Waals surface area contributed by atoms with Crippen LogP contribution in [0.1, 0.15) is 34.3 Å². The van der Waals surface area contributed by atoms with E-state index in [1.807, 2.05) is 6.92 Å². The molecule has 3 aromatic heterocycles. The Hall–Kier alpha value is -2.91. The van der Waals surface area contributed by atoms with E-state index < -0.39 is 5.91 Å². The van der Waals surface area contributed by atoms with Crippen LogP contribution in [-0.4, -0.2) is 38.8 Å². The summed E-state index contributed by atoms with van der Waals surface area (Å²) in [6.45, 7) is 2.29. The van der Waals surface area contributed by atoms with Gasteiger partial charge in [-0.1, -0.05) is 0 Å². The number of nitrogens with zero attached hydrogens (tertiary/aromatic N) is 3. The van der Waals surface area contributed by atoms with Crippen LogP contribution in [0.3, 0.4) is 0 Å². The Labute approximate surface area is 155 Å². The lowest BCUT2D eigenvalue weighted by atomic mass is 10.2. The van der Waals surface area contributed by atoms with Crippen LogP contribution in [0, 0.1) is 0 Å². The molecule has 2 amide bonds. The summed E-state index contributed by atoms with van der Waals surface area (Å²) in [7, 11) is 0. The number of furan rings is 1. The maximum Gasteiger partial charge on any atom is 0.271 e. The predicted octanol–water partition coefficient (Wildman–Crippen LogP) is 0.977. The number of rotatable bonds is 6. The molecule has 1 atom stereocenters. The molecule has 0 radical (unpaired) electrons. The highest BCUT2D eigenvalue weighted by Crippen LogP contribution is 2.21. The van der Waals surface area contributed by atoms with Gasteiger partial charge in [-0.15, -0.1) is 12.4 Å². The average molecular weight is 379 g/mol. The highest BCUT2D eigenvalue weighted by molar-refractivity contribution is 5.99. The molecule has 0 aliphatic heterocycles. The first-order valence-corrected chi connectivity index (χ1v) is 7.73. The minimum Gasteiger partial charge on any atom is -0.463 e. The second-order valence-electron chi connectivity index (χ2n) is 5.68. The molecule has 0 aliphatic carbocycles. The largest absolute Gasteiger partial charge is 0.463 e. The Morgan fingerprint density at radius 2 is 2.19 bits per heavy atom. The van der Waals surface area contributed by atoms with Crippen molar-refractivity contribution in [2.24, 2.45) is 11.5 Å². The SMILES string of the molecule is CC(N)CCNC(=O)c1cc(-c2ccco2)nc2c(C(N)=O)ncn12.Cl. The predicted molar refractivity (Wildman–Crippen MR) is 97.1 cm³/mol. The van der Waals surface area contributed by atoms with Crippen LogP contribution in [0.2, 0.25) is 0 Å². The van der Waals surface area contributed by atoms with E-state index in [0.717, 1.165) is 0 Å². The molecule has 0 spiro atoms. The Bertz CT molecular complexity index is 920. The molecule has 3 heterocycles. The Morgan fingerprint density at radius 3 is 2.81 bits per heavy atom. The third-order valence-corrected chi connectivity index (χ3v) is 3.63. The molecule has 0 aromatic carbocycles. The van der Waals surface area contributed by atoms with E-state index in [1.165, 1.54) is 17.0 Å². The second-order valence-corrected chi connectivity index (χ2v) is 5.68. The first kappa shape index (κ1) is 19.4. The van der Waals surface area contributed by atoms with E-state index in [0.29, 0.717) is 24.4 Å². The summed E-state index contributed by atoms with van der Waals surface area (Å²) in [5.41, 5.74) is 11.9. The number of halogens is 1. The summed E-state index contributed by atoms with van der Waals surface area (Å²) in [5, 5.41) is 2.79. The molecule has 0 saturated heterocycles. The zero-order valence-electron chi connectivity index (χ0n) is 14.0. The number of carbonyl (C=O) groups is 2. The van der Waals surface area contributed by atoms with Crippen molar-refractivity contribution in [3.8, 4) is 11.5 Å². The van der Waals surface area contributed by atoms with E-state index >= 15 is 0 Å². The van der Waals surface area contributed by atoms with Crippen LogP contribution in [0.5, 0.6) is 0 Å². The molecule has 0 aliphatic rings. The number of imidazole rings is 1. The molecule has 1 unspecified atom stereocenters. The van der Waals surface area contributed by atoms with Crippen molar-refractivity contribution in [1.29, 1.82) is 0 Å². The molecule has 26 heavy (non-hydrogen) atoms. The lowest BCUT2D eigenvalue weighted by molar-refractivity contribution is 0.0944. The van der Waals surface area contributed by atoms with E-state index in [1.54, 1.807) is 18.2 Å². The van der Waals surface area contributed by atoms with Gasteiger partial charge in [0.05, 0.1) is 6.26 Å². The van der Waals surface area contributed by atoms with E-state index in [4.69, 9.17) is 15.9 Å². The third-order valence-electron chi connectivity index (χ3n) is 3.63. The zero-order valence-corrected chi connectivity index (χ0v) is 14.8. The summed E-state index contributed by atoms with van der Waals surface area (Å²) in [6, 6.07) is 4.96. The van der Waals surface area contributed by atoms with Gasteiger partial charge in [-0.3, -0.25) is 14.0 Å². The van der Waals surface area contributed by atoms with Crippen LogP contribution < -0.4 is 16.8 Å². The van der Waals surface area contributed by atoms with Gasteiger partial charge in [0.1, 0.15) is 17.7 Å². The third kappa shape index (κ3) is 3.84. The van der Waals surface area contributed by atoms with Crippen molar-refractivity contribution in [1.82, 2.24) is 19.7 Å². The molecule has 0 bridgehead atoms. The van der Waals surface area contributed by atoms with Gasteiger partial charge in [0.15, 0.2) is 17.1 Å². The number of hydrogen-bond acceptors (Lipinski definition) is 6. The number of fused-ring (bicyclic) bond motifs is 1. The number of carbonyl (C=O) groups excluding carboxylic acids is 2. The first-order valence-electron chi connectivity index (χ1n) is 7.73. The average Bonchev–Trinajstić information content (AvgIpc) is 3.22. The van der Waals surface area contributed by atoms with Crippen molar-refractivity contribution in [3.63, 3.8) is 0 Å². The van der Waals surface area contributed by atoms with Gasteiger partial charge in [-0.05, 0) is 31.5 Å². The Balaban J connectivity index is 0.00000243. The Kier molecular flexibility index (Phi) is 5.96. The summed E-state index contributed by atoms with van der Waals surface area (Å²) < 4.78 is 6.76. The molecular weight excluding hydrogens is 360 g/mol. The molecule has 0 fully saturated rings. The highest BCUT2D eigenvalue weighted by atomic mass is 35.5. The Morgan fingerprint density at radius 1 is 1.42 bits per heavy atom. The van der Waals surface area contributed by atoms with Crippen molar-refractivity contribution >= 4 is 29.9 Å². The summed E-state index contributed by atoms with van der Waals surface area (Å²) in [5.74, 6) is -0.604. The van der Waals surface area contributed by atoms with Crippen molar-refractivity contribution < 1.29 is 14.0 Å². The number of nitrogens with two attached hydrogens (primary N) is 2. The molecule has 0 saturated carbocycles. The summed E-state index contributed by atoms with van der Waals surface area (Å²) in [4.78, 5) is 32.5. The number of primary amides is 1. The number of aromatic nitrogens is 3. The van der Waals surface area contributed by atoms with E-state index in [2.05, 4.69) is 15.3 Å². The molecule has 5 N–H and O–H groups in total. The monoisotopic (exact) mass is 378 g/mol. The van der Waals surface area contributed by atoms with Crippen LogP contribution in [0.15, 0.2) is 35.2 Å². The summed E-state index contributed by atoms with van der Waals surface area (Å²) in [6.07, 6.45) is 3.48. The van der Waals surface area contributed by atoms with Gasteiger partial charge in [-0.25, -0.2) is 9.97 Å². The van der Waals surface area contributed by atoms with Gasteiger partial charge in [0.25, 0.3) is 11.8 Å². The zero-order chi connectivity index (χ0) is 18.0. The van der Waals surface area contributed by atoms with Crippen molar-refractivity contribution in [3.05, 3.63) is 42.2 Å². The van der Waals surface area contributed by atoms with Crippen molar-refractivity contribution in [2.75, 3.05) is 6.54 Å². The standard InChI is InChI=1S/C16H18N6O3.ClH/c1-9(17)4-5-19-16(24)11-7-10(12-3-2-6-25-12)21-15-13(14(18)23)20-8-22(11)15;/h2-3,6-9H,4-5,17H2,1H3,(H2,18,23)(H,19,24);1H. The van der Waals surface area contributed by atoms with Crippen LogP contribution in [-0.2, 0) is 0 Å². The first-order chi connectivity index (χ1) is 12.0. The number of hydrogen-bond donors (Lipinski definition) is 3. The fourth-order valence-electron chi connectivity index (χ4n) is 2.37. The quantitative estimate of drug-likeness (QED) is 0.583. The highest BCUT2D eigenvalue weighted by Gasteiger charge is 2.20. The smallest absolute Gasteiger partial charge is 0.271 e. The summed E-state index contributed by atoms with van der Waals surface area (Å²) >= 11 is 0. The number of amides is 2. The van der Waals surface area contributed by atoms with Gasteiger partial charge in [-0.2, -0.15) is 0 Å². The van der Waals surface area contributed by atoms with E-state index in [-0.39, 0.29) is 41.4 Å². The van der Waals surface area contributed by atoms with Crippen LogP contribution >= 0.6 is 12.4 Å². The molecule has 10 heteroatoms. The minimum absolute atomic E-state index is 0.